The number of aromatic nitrogens is 1. The molecule has 0 fully saturated rings. The lowest BCUT2D eigenvalue weighted by molar-refractivity contribution is -0.141. The molecule has 6 heteroatoms. The van der Waals surface area contributed by atoms with E-state index in [0.717, 1.165) is 33.4 Å². The Morgan fingerprint density at radius 3 is 2.46 bits per heavy atom. The summed E-state index contributed by atoms with van der Waals surface area (Å²) in [5.74, 6) is -0.668. The lowest BCUT2D eigenvalue weighted by Gasteiger charge is -2.20. The van der Waals surface area contributed by atoms with Crippen LogP contribution in [0.2, 0.25) is 0 Å². The van der Waals surface area contributed by atoms with Gasteiger partial charge in [0.05, 0.1) is 33.1 Å². The van der Waals surface area contributed by atoms with Gasteiger partial charge in [-0.1, -0.05) is 36.4 Å². The molecule has 3 aromatic rings. The fourth-order valence-corrected chi connectivity index (χ4v) is 4.06. The van der Waals surface area contributed by atoms with Crippen LogP contribution in [0, 0.1) is 0 Å². The highest BCUT2D eigenvalue weighted by molar-refractivity contribution is 5.89. The Bertz CT molecular complexity index is 1040. The quantitative estimate of drug-likeness (QED) is 0.662. The monoisotopic (exact) mass is 378 g/mol. The summed E-state index contributed by atoms with van der Waals surface area (Å²) in [6.45, 7) is 0. The number of anilines is 1. The lowest BCUT2D eigenvalue weighted by atomic mass is 9.88. The molecule has 6 nitrogen and oxygen atoms in total. The highest BCUT2D eigenvalue weighted by Crippen LogP contribution is 2.47. The Hall–Kier alpha value is -3.28. The molecular formula is C22H22N2O4. The second-order valence-corrected chi connectivity index (χ2v) is 6.91. The number of para-hydroxylation sites is 2. The van der Waals surface area contributed by atoms with Crippen LogP contribution in [-0.2, 0) is 25.5 Å². The summed E-state index contributed by atoms with van der Waals surface area (Å²) in [5, 5.41) is 4.52. The van der Waals surface area contributed by atoms with Crippen molar-refractivity contribution >= 4 is 28.5 Å². The number of carbonyl (C=O) groups excluding carboxylic acids is 2. The van der Waals surface area contributed by atoms with Crippen molar-refractivity contribution in [2.75, 3.05) is 19.5 Å². The molecule has 1 aliphatic rings. The molecule has 144 valence electrons. The number of hydrogen-bond acceptors (Lipinski definition) is 5. The third-order valence-electron chi connectivity index (χ3n) is 5.39. The molecule has 28 heavy (non-hydrogen) atoms. The van der Waals surface area contributed by atoms with Crippen molar-refractivity contribution in [2.45, 2.75) is 24.8 Å². The Morgan fingerprint density at radius 1 is 0.964 bits per heavy atom. The highest BCUT2D eigenvalue weighted by Gasteiger charge is 2.37. The third kappa shape index (κ3) is 3.11. The molecule has 0 radical (unpaired) electrons. The van der Waals surface area contributed by atoms with E-state index in [-0.39, 0.29) is 36.7 Å². The van der Waals surface area contributed by atoms with Gasteiger partial charge in [-0.05, 0) is 23.3 Å². The first-order valence-electron chi connectivity index (χ1n) is 9.21. The number of nitrogens with one attached hydrogen (secondary N) is 2. The first-order chi connectivity index (χ1) is 13.6. The topological polar surface area (TPSA) is 80.4 Å². The van der Waals surface area contributed by atoms with E-state index in [1.165, 1.54) is 14.2 Å². The number of ether oxygens (including phenoxy) is 2. The average molecular weight is 378 g/mol. The van der Waals surface area contributed by atoms with E-state index in [4.69, 9.17) is 9.47 Å². The van der Waals surface area contributed by atoms with Gasteiger partial charge < -0.3 is 19.8 Å². The molecule has 0 bridgehead atoms. The van der Waals surface area contributed by atoms with Crippen molar-refractivity contribution in [3.63, 3.8) is 0 Å². The Morgan fingerprint density at radius 2 is 1.68 bits per heavy atom. The van der Waals surface area contributed by atoms with Crippen molar-refractivity contribution in [2.24, 2.45) is 0 Å². The standard InChI is InChI=1S/C22H22N2O4/c1-27-19(25)11-15-13-7-3-5-9-17(13)23-21(15)22-16(12-20(26)28-2)14-8-4-6-10-18(14)24-22/h3-10,15,21,23-24H,11-12H2,1-2H3. The summed E-state index contributed by atoms with van der Waals surface area (Å²) in [5.41, 5.74) is 4.80. The van der Waals surface area contributed by atoms with E-state index < -0.39 is 0 Å². The minimum absolute atomic E-state index is 0.104. The van der Waals surface area contributed by atoms with Crippen LogP contribution in [0.15, 0.2) is 48.5 Å². The van der Waals surface area contributed by atoms with Gasteiger partial charge in [-0.15, -0.1) is 0 Å². The smallest absolute Gasteiger partial charge is 0.310 e. The minimum atomic E-state index is -0.300. The van der Waals surface area contributed by atoms with E-state index in [9.17, 15) is 9.59 Å². The van der Waals surface area contributed by atoms with Crippen LogP contribution in [-0.4, -0.2) is 31.1 Å². The van der Waals surface area contributed by atoms with Crippen molar-refractivity contribution in [3.05, 3.63) is 65.4 Å². The molecule has 0 amide bonds. The van der Waals surface area contributed by atoms with Gasteiger partial charge in [0.25, 0.3) is 0 Å². The summed E-state index contributed by atoms with van der Waals surface area (Å²) in [7, 11) is 2.79. The maximum atomic E-state index is 12.1. The Labute approximate surface area is 162 Å². The molecule has 4 rings (SSSR count). The third-order valence-corrected chi connectivity index (χ3v) is 5.39. The fourth-order valence-electron chi connectivity index (χ4n) is 4.06. The second kappa shape index (κ2) is 7.38. The van der Waals surface area contributed by atoms with E-state index in [2.05, 4.69) is 10.3 Å². The predicted octanol–water partition coefficient (Wildman–Crippen LogP) is 3.70. The van der Waals surface area contributed by atoms with Gasteiger partial charge in [0.15, 0.2) is 0 Å². The van der Waals surface area contributed by atoms with Gasteiger partial charge in [0.2, 0.25) is 0 Å². The first kappa shape index (κ1) is 18.1. The molecule has 2 unspecified atom stereocenters. The highest BCUT2D eigenvalue weighted by atomic mass is 16.5. The van der Waals surface area contributed by atoms with Gasteiger partial charge in [-0.3, -0.25) is 9.59 Å². The number of fused-ring (bicyclic) bond motifs is 2. The first-order valence-corrected chi connectivity index (χ1v) is 9.21. The zero-order chi connectivity index (χ0) is 19.7. The molecule has 2 aromatic carbocycles. The second-order valence-electron chi connectivity index (χ2n) is 6.91. The number of rotatable bonds is 5. The molecule has 0 saturated carbocycles. The number of methoxy groups -OCH3 is 2. The summed E-state index contributed by atoms with van der Waals surface area (Å²) in [6.07, 6.45) is 0.410. The van der Waals surface area contributed by atoms with Gasteiger partial charge in [-0.25, -0.2) is 0 Å². The van der Waals surface area contributed by atoms with Gasteiger partial charge in [0.1, 0.15) is 0 Å². The van der Waals surface area contributed by atoms with Crippen molar-refractivity contribution in [3.8, 4) is 0 Å². The summed E-state index contributed by atoms with van der Waals surface area (Å²) in [4.78, 5) is 27.7. The van der Waals surface area contributed by atoms with Crippen LogP contribution in [0.3, 0.4) is 0 Å². The van der Waals surface area contributed by atoms with Crippen molar-refractivity contribution in [1.29, 1.82) is 0 Å². The lowest BCUT2D eigenvalue weighted by Crippen LogP contribution is -2.18. The molecule has 0 saturated heterocycles. The van der Waals surface area contributed by atoms with Gasteiger partial charge in [0, 0.05) is 28.2 Å². The SMILES string of the molecule is COC(=O)Cc1c(C2Nc3ccccc3C2CC(=O)OC)[nH]c2ccccc12. The fraction of sp³-hybridized carbons (Fsp3) is 0.273. The Balaban J connectivity index is 1.82. The number of carbonyl (C=O) groups is 2. The van der Waals surface area contributed by atoms with Crippen molar-refractivity contribution in [1.82, 2.24) is 4.98 Å². The zero-order valence-corrected chi connectivity index (χ0v) is 15.8. The Kier molecular flexibility index (Phi) is 4.77. The summed E-state index contributed by atoms with van der Waals surface area (Å²) >= 11 is 0. The minimum Gasteiger partial charge on any atom is -0.469 e. The number of hydrogen-bond donors (Lipinski definition) is 2. The maximum absolute atomic E-state index is 12.1. The van der Waals surface area contributed by atoms with Gasteiger partial charge in [-0.2, -0.15) is 0 Å². The van der Waals surface area contributed by atoms with Crippen LogP contribution in [0.25, 0.3) is 10.9 Å². The van der Waals surface area contributed by atoms with Crippen LogP contribution < -0.4 is 5.32 Å². The molecule has 1 aliphatic heterocycles. The van der Waals surface area contributed by atoms with E-state index >= 15 is 0 Å². The largest absolute Gasteiger partial charge is 0.469 e. The molecule has 2 N–H and O–H groups in total. The summed E-state index contributed by atoms with van der Waals surface area (Å²) in [6, 6.07) is 15.7. The van der Waals surface area contributed by atoms with E-state index in [1.54, 1.807) is 0 Å². The predicted molar refractivity (Wildman–Crippen MR) is 106 cm³/mol. The molecular weight excluding hydrogens is 356 g/mol. The number of esters is 2. The maximum Gasteiger partial charge on any atom is 0.310 e. The number of benzene rings is 2. The van der Waals surface area contributed by atoms with Crippen LogP contribution >= 0.6 is 0 Å². The normalized spacial score (nSPS) is 17.8. The molecule has 2 heterocycles. The molecule has 0 spiro atoms. The molecule has 0 aliphatic carbocycles. The molecule has 1 aromatic heterocycles. The average Bonchev–Trinajstić information content (AvgIpc) is 3.26. The van der Waals surface area contributed by atoms with E-state index in [1.807, 2.05) is 48.5 Å². The summed E-state index contributed by atoms with van der Waals surface area (Å²) < 4.78 is 9.84. The number of H-pyrrole nitrogens is 1. The van der Waals surface area contributed by atoms with Crippen LogP contribution in [0.1, 0.15) is 35.2 Å². The number of aromatic amines is 1. The van der Waals surface area contributed by atoms with Crippen LogP contribution in [0.4, 0.5) is 5.69 Å². The van der Waals surface area contributed by atoms with Gasteiger partial charge >= 0.3 is 11.9 Å². The van der Waals surface area contributed by atoms with E-state index in [0.29, 0.717) is 0 Å². The van der Waals surface area contributed by atoms with Crippen LogP contribution in [0.5, 0.6) is 0 Å². The zero-order valence-electron chi connectivity index (χ0n) is 15.8. The molecule has 2 atom stereocenters. The van der Waals surface area contributed by atoms with Crippen molar-refractivity contribution < 1.29 is 19.1 Å².